The van der Waals surface area contributed by atoms with Crippen LogP contribution in [0.15, 0.2) is 22.8 Å². The molecular formula is C13H21NO4. The molecule has 0 spiro atoms. The summed E-state index contributed by atoms with van der Waals surface area (Å²) in [5, 5.41) is 0. The Bertz CT molecular complexity index is 324. The molecule has 0 aliphatic carbocycles. The molecule has 18 heavy (non-hydrogen) atoms. The molecule has 1 aromatic heterocycles. The first-order valence-corrected chi connectivity index (χ1v) is 6.05. The predicted octanol–water partition coefficient (Wildman–Crippen LogP) is 1.45. The third-order valence-corrected chi connectivity index (χ3v) is 2.60. The summed E-state index contributed by atoms with van der Waals surface area (Å²) in [6, 6.07) is 3.41. The van der Waals surface area contributed by atoms with Gasteiger partial charge in [-0.05, 0) is 18.6 Å². The first kappa shape index (κ1) is 14.9. The molecule has 1 aromatic rings. The van der Waals surface area contributed by atoms with Crippen molar-refractivity contribution < 1.29 is 18.7 Å². The van der Waals surface area contributed by atoms with Crippen LogP contribution in [0.2, 0.25) is 0 Å². The Hall–Kier alpha value is -1.17. The Kier molecular flexibility index (Phi) is 7.32. The van der Waals surface area contributed by atoms with E-state index in [1.807, 2.05) is 4.90 Å². The van der Waals surface area contributed by atoms with Crippen LogP contribution in [0.1, 0.15) is 17.0 Å². The van der Waals surface area contributed by atoms with Gasteiger partial charge in [0.25, 0.3) is 0 Å². The van der Waals surface area contributed by atoms with Crippen molar-refractivity contribution in [3.63, 3.8) is 0 Å². The Morgan fingerprint density at radius 2 is 2.06 bits per heavy atom. The van der Waals surface area contributed by atoms with E-state index in [9.17, 15) is 4.79 Å². The van der Waals surface area contributed by atoms with Crippen LogP contribution in [-0.2, 0) is 9.47 Å². The minimum absolute atomic E-state index is 0.00600. The van der Waals surface area contributed by atoms with E-state index in [0.717, 1.165) is 19.5 Å². The zero-order chi connectivity index (χ0) is 13.2. The molecule has 0 amide bonds. The third-order valence-electron chi connectivity index (χ3n) is 2.60. The summed E-state index contributed by atoms with van der Waals surface area (Å²) in [5.41, 5.74) is 0. The highest BCUT2D eigenvalue weighted by Crippen LogP contribution is 2.03. The van der Waals surface area contributed by atoms with Gasteiger partial charge in [-0.1, -0.05) is 0 Å². The molecule has 0 aliphatic heterocycles. The first-order chi connectivity index (χ1) is 8.77. The standard InChI is InChI=1S/C13H21NO4/c1-16-8-4-6-14(7-10-17-2)11-12(15)13-5-3-9-18-13/h3,5,9H,4,6-8,10-11H2,1-2H3. The fourth-order valence-electron chi connectivity index (χ4n) is 1.64. The topological polar surface area (TPSA) is 51.9 Å². The monoisotopic (exact) mass is 255 g/mol. The zero-order valence-electron chi connectivity index (χ0n) is 11.1. The number of hydrogen-bond acceptors (Lipinski definition) is 5. The smallest absolute Gasteiger partial charge is 0.211 e. The molecule has 0 radical (unpaired) electrons. The lowest BCUT2D eigenvalue weighted by molar-refractivity contribution is 0.0852. The number of carbonyl (C=O) groups is 1. The number of carbonyl (C=O) groups excluding carboxylic acids is 1. The summed E-state index contributed by atoms with van der Waals surface area (Å²) in [6.07, 6.45) is 2.41. The Morgan fingerprint density at radius 1 is 1.28 bits per heavy atom. The number of ketones is 1. The summed E-state index contributed by atoms with van der Waals surface area (Å²) >= 11 is 0. The molecule has 1 rings (SSSR count). The van der Waals surface area contributed by atoms with Crippen LogP contribution in [0.25, 0.3) is 0 Å². The van der Waals surface area contributed by atoms with Gasteiger partial charge in [0, 0.05) is 33.9 Å². The van der Waals surface area contributed by atoms with E-state index in [4.69, 9.17) is 13.9 Å². The molecule has 0 saturated heterocycles. The van der Waals surface area contributed by atoms with Crippen molar-refractivity contribution in [1.82, 2.24) is 4.90 Å². The van der Waals surface area contributed by atoms with Crippen LogP contribution in [0, 0.1) is 0 Å². The van der Waals surface area contributed by atoms with Gasteiger partial charge in [-0.25, -0.2) is 0 Å². The van der Waals surface area contributed by atoms with Gasteiger partial charge >= 0.3 is 0 Å². The number of rotatable bonds is 10. The van der Waals surface area contributed by atoms with E-state index in [-0.39, 0.29) is 5.78 Å². The maximum absolute atomic E-state index is 11.9. The SMILES string of the molecule is COCCCN(CCOC)CC(=O)c1ccco1. The average Bonchev–Trinajstić information content (AvgIpc) is 2.89. The molecule has 5 nitrogen and oxygen atoms in total. The highest BCUT2D eigenvalue weighted by atomic mass is 16.5. The van der Waals surface area contributed by atoms with E-state index < -0.39 is 0 Å². The second kappa shape index (κ2) is 8.85. The van der Waals surface area contributed by atoms with Crippen LogP contribution in [0.3, 0.4) is 0 Å². The van der Waals surface area contributed by atoms with Crippen LogP contribution < -0.4 is 0 Å². The summed E-state index contributed by atoms with van der Waals surface area (Å²) in [5.74, 6) is 0.401. The van der Waals surface area contributed by atoms with Crippen molar-refractivity contribution in [3.05, 3.63) is 24.2 Å². The van der Waals surface area contributed by atoms with Crippen LogP contribution in [-0.4, -0.2) is 57.8 Å². The minimum Gasteiger partial charge on any atom is -0.461 e. The van der Waals surface area contributed by atoms with Gasteiger partial charge in [-0.2, -0.15) is 0 Å². The average molecular weight is 255 g/mol. The van der Waals surface area contributed by atoms with Gasteiger partial charge in [-0.3, -0.25) is 9.69 Å². The summed E-state index contributed by atoms with van der Waals surface area (Å²) in [4.78, 5) is 14.0. The number of nitrogens with zero attached hydrogens (tertiary/aromatic N) is 1. The van der Waals surface area contributed by atoms with E-state index in [0.29, 0.717) is 25.5 Å². The molecule has 0 aliphatic rings. The van der Waals surface area contributed by atoms with Gasteiger partial charge in [0.1, 0.15) is 0 Å². The zero-order valence-corrected chi connectivity index (χ0v) is 11.1. The van der Waals surface area contributed by atoms with Crippen molar-refractivity contribution >= 4 is 5.78 Å². The second-order valence-electron chi connectivity index (χ2n) is 4.02. The fraction of sp³-hybridized carbons (Fsp3) is 0.615. The van der Waals surface area contributed by atoms with E-state index >= 15 is 0 Å². The van der Waals surface area contributed by atoms with Crippen LogP contribution >= 0.6 is 0 Å². The Labute approximate surface area is 108 Å². The lowest BCUT2D eigenvalue weighted by Crippen LogP contribution is -2.34. The Balaban J connectivity index is 2.41. The van der Waals surface area contributed by atoms with Crippen molar-refractivity contribution in [2.45, 2.75) is 6.42 Å². The van der Waals surface area contributed by atoms with E-state index in [2.05, 4.69) is 0 Å². The van der Waals surface area contributed by atoms with Crippen molar-refractivity contribution in [1.29, 1.82) is 0 Å². The number of methoxy groups -OCH3 is 2. The number of furan rings is 1. The number of ether oxygens (including phenoxy) is 2. The van der Waals surface area contributed by atoms with Gasteiger partial charge in [0.2, 0.25) is 5.78 Å². The van der Waals surface area contributed by atoms with Gasteiger partial charge in [0.05, 0.1) is 19.4 Å². The quantitative estimate of drug-likeness (QED) is 0.468. The van der Waals surface area contributed by atoms with E-state index in [1.165, 1.54) is 6.26 Å². The second-order valence-corrected chi connectivity index (χ2v) is 4.02. The van der Waals surface area contributed by atoms with Crippen molar-refractivity contribution in [2.75, 3.05) is 47.1 Å². The highest BCUT2D eigenvalue weighted by Gasteiger charge is 2.14. The maximum atomic E-state index is 11.9. The van der Waals surface area contributed by atoms with Crippen molar-refractivity contribution in [2.24, 2.45) is 0 Å². The van der Waals surface area contributed by atoms with Crippen molar-refractivity contribution in [3.8, 4) is 0 Å². The minimum atomic E-state index is -0.00600. The van der Waals surface area contributed by atoms with E-state index in [1.54, 1.807) is 26.4 Å². The molecule has 0 saturated carbocycles. The summed E-state index contributed by atoms with van der Waals surface area (Å²) in [6.45, 7) is 3.19. The molecule has 0 unspecified atom stereocenters. The third kappa shape index (κ3) is 5.44. The molecule has 5 heteroatoms. The van der Waals surface area contributed by atoms with Gasteiger partial charge in [0.15, 0.2) is 5.76 Å². The molecule has 1 heterocycles. The number of hydrogen-bond donors (Lipinski definition) is 0. The fourth-order valence-corrected chi connectivity index (χ4v) is 1.64. The van der Waals surface area contributed by atoms with Gasteiger partial charge < -0.3 is 13.9 Å². The number of Topliss-reactive ketones (excluding diaryl/α,β-unsaturated/α-hetero) is 1. The summed E-state index contributed by atoms with van der Waals surface area (Å²) in [7, 11) is 3.33. The summed E-state index contributed by atoms with van der Waals surface area (Å²) < 4.78 is 15.1. The molecule has 0 N–H and O–H groups in total. The molecule has 0 bridgehead atoms. The van der Waals surface area contributed by atoms with Crippen LogP contribution in [0.5, 0.6) is 0 Å². The first-order valence-electron chi connectivity index (χ1n) is 6.05. The Morgan fingerprint density at radius 3 is 2.67 bits per heavy atom. The predicted molar refractivity (Wildman–Crippen MR) is 67.8 cm³/mol. The lowest BCUT2D eigenvalue weighted by atomic mass is 10.2. The maximum Gasteiger partial charge on any atom is 0.211 e. The molecule has 102 valence electrons. The normalized spacial score (nSPS) is 11.1. The largest absolute Gasteiger partial charge is 0.461 e. The molecular weight excluding hydrogens is 234 g/mol. The van der Waals surface area contributed by atoms with Crippen LogP contribution in [0.4, 0.5) is 0 Å². The molecule has 0 fully saturated rings. The van der Waals surface area contributed by atoms with Gasteiger partial charge in [-0.15, -0.1) is 0 Å². The molecule has 0 aromatic carbocycles. The lowest BCUT2D eigenvalue weighted by Gasteiger charge is -2.20. The highest BCUT2D eigenvalue weighted by molar-refractivity contribution is 5.94. The molecule has 0 atom stereocenters.